The number of carbonyl (C=O) groups excluding carboxylic acids is 1. The second-order valence-corrected chi connectivity index (χ2v) is 5.84. The normalized spacial score (nSPS) is 10.8. The predicted molar refractivity (Wildman–Crippen MR) is 86.7 cm³/mol. The maximum atomic E-state index is 13.4. The molecule has 0 saturated heterocycles. The summed E-state index contributed by atoms with van der Waals surface area (Å²) in [5.41, 5.74) is 1.64. The molecule has 20 heavy (non-hydrogen) atoms. The van der Waals surface area contributed by atoms with Gasteiger partial charge < -0.3 is 15.7 Å². The lowest BCUT2D eigenvalue weighted by atomic mass is 10.1. The molecule has 8 heteroatoms. The number of nitrogens with zero attached hydrogens (tertiary/aromatic N) is 1. The highest BCUT2D eigenvalue weighted by molar-refractivity contribution is 14.2. The minimum Gasteiger partial charge on any atom is -0.505 e. The van der Waals surface area contributed by atoms with E-state index >= 15 is 0 Å². The highest BCUT2D eigenvalue weighted by Crippen LogP contribution is 2.32. The lowest BCUT2D eigenvalue weighted by Crippen LogP contribution is -2.33. The molecule has 2 amide bonds. The summed E-state index contributed by atoms with van der Waals surface area (Å²) in [5.74, 6) is -1.01. The van der Waals surface area contributed by atoms with Crippen molar-refractivity contribution in [2.24, 2.45) is 0 Å². The third-order valence-electron chi connectivity index (χ3n) is 2.90. The van der Waals surface area contributed by atoms with Gasteiger partial charge in [0.05, 0.1) is 5.52 Å². The molecule has 0 aliphatic carbocycles. The highest BCUT2D eigenvalue weighted by atomic mass is 127. The number of nitrogens with one attached hydrogen (secondary N) is 2. The fourth-order valence-electron chi connectivity index (χ4n) is 1.93. The van der Waals surface area contributed by atoms with Gasteiger partial charge in [0.2, 0.25) is 0 Å². The van der Waals surface area contributed by atoms with Gasteiger partial charge >= 0.3 is 6.03 Å². The van der Waals surface area contributed by atoms with Crippen molar-refractivity contribution >= 4 is 47.3 Å². The highest BCUT2D eigenvalue weighted by Gasteiger charge is 2.12. The Labute approximate surface area is 131 Å². The molecule has 0 fully saturated rings. The van der Waals surface area contributed by atoms with E-state index in [2.05, 4.69) is 31.8 Å². The van der Waals surface area contributed by atoms with Crippen LogP contribution in [-0.4, -0.2) is 28.7 Å². The summed E-state index contributed by atoms with van der Waals surface area (Å²) in [7, 11) is 2.97. The Kier molecular flexibility index (Phi) is 4.97. The van der Waals surface area contributed by atoms with E-state index in [0.717, 1.165) is 10.9 Å². The molecule has 0 radical (unpaired) electrons. The fraction of sp³-hybridized carbons (Fsp3) is 0.250. The maximum absolute atomic E-state index is 13.4. The SMILES string of the molecule is CNC(=O)NCCc1cn(SI)c2cc(F)c(O)cc12. The van der Waals surface area contributed by atoms with Crippen LogP contribution in [-0.2, 0) is 6.42 Å². The number of urea groups is 1. The van der Waals surface area contributed by atoms with Crippen LogP contribution in [0.3, 0.4) is 0 Å². The molecule has 0 atom stereocenters. The molecule has 0 saturated carbocycles. The maximum Gasteiger partial charge on any atom is 0.314 e. The van der Waals surface area contributed by atoms with Crippen LogP contribution in [0.25, 0.3) is 10.9 Å². The summed E-state index contributed by atoms with van der Waals surface area (Å²) in [5, 5.41) is 15.5. The number of rotatable bonds is 4. The monoisotopic (exact) mass is 409 g/mol. The summed E-state index contributed by atoms with van der Waals surface area (Å²) in [6.07, 6.45) is 2.48. The first kappa shape index (κ1) is 15.2. The van der Waals surface area contributed by atoms with E-state index in [9.17, 15) is 14.3 Å². The van der Waals surface area contributed by atoms with Crippen LogP contribution in [0.5, 0.6) is 5.75 Å². The van der Waals surface area contributed by atoms with E-state index in [-0.39, 0.29) is 11.8 Å². The second-order valence-electron chi connectivity index (χ2n) is 4.13. The van der Waals surface area contributed by atoms with Crippen molar-refractivity contribution < 1.29 is 14.3 Å². The Bertz CT molecular complexity index is 647. The number of halogens is 2. The first-order valence-electron chi connectivity index (χ1n) is 5.84. The molecule has 2 aromatic rings. The molecule has 1 heterocycles. The molecule has 1 aromatic carbocycles. The van der Waals surface area contributed by atoms with Crippen LogP contribution >= 0.6 is 30.3 Å². The van der Waals surface area contributed by atoms with Crippen LogP contribution in [0.1, 0.15) is 5.56 Å². The third kappa shape index (κ3) is 3.11. The van der Waals surface area contributed by atoms with E-state index in [1.165, 1.54) is 21.3 Å². The zero-order valence-corrected chi connectivity index (χ0v) is 13.6. The van der Waals surface area contributed by atoms with Crippen molar-refractivity contribution in [2.75, 3.05) is 13.6 Å². The molecule has 0 bridgehead atoms. The van der Waals surface area contributed by atoms with Crippen LogP contribution in [0.4, 0.5) is 9.18 Å². The van der Waals surface area contributed by atoms with E-state index < -0.39 is 5.82 Å². The second kappa shape index (κ2) is 6.53. The molecule has 0 spiro atoms. The number of phenols is 1. The molecule has 5 nitrogen and oxygen atoms in total. The lowest BCUT2D eigenvalue weighted by molar-refractivity contribution is 0.243. The van der Waals surface area contributed by atoms with Gasteiger partial charge in [-0.1, -0.05) is 0 Å². The Morgan fingerprint density at radius 1 is 1.55 bits per heavy atom. The number of hydrogen-bond donors (Lipinski definition) is 3. The molecule has 0 unspecified atom stereocenters. The van der Waals surface area contributed by atoms with Crippen molar-refractivity contribution in [3.05, 3.63) is 29.7 Å². The predicted octanol–water partition coefficient (Wildman–Crippen LogP) is 2.80. The van der Waals surface area contributed by atoms with E-state index in [0.29, 0.717) is 18.5 Å². The van der Waals surface area contributed by atoms with Gasteiger partial charge in [-0.2, -0.15) is 0 Å². The molecule has 2 rings (SSSR count). The summed E-state index contributed by atoms with van der Waals surface area (Å²) in [6.45, 7) is 0.461. The van der Waals surface area contributed by atoms with Crippen LogP contribution < -0.4 is 10.6 Å². The van der Waals surface area contributed by atoms with Gasteiger partial charge in [-0.3, -0.25) is 3.97 Å². The Morgan fingerprint density at radius 3 is 2.95 bits per heavy atom. The fourth-order valence-corrected chi connectivity index (χ4v) is 3.30. The summed E-state index contributed by atoms with van der Waals surface area (Å²) >= 11 is 2.10. The Hall–Kier alpha value is -1.16. The van der Waals surface area contributed by atoms with Gasteiger partial charge in [-0.05, 0) is 18.1 Å². The number of aromatic hydroxyl groups is 1. The summed E-state index contributed by atoms with van der Waals surface area (Å²) in [6, 6.07) is 2.49. The third-order valence-corrected chi connectivity index (χ3v) is 4.63. The van der Waals surface area contributed by atoms with Crippen molar-refractivity contribution in [3.8, 4) is 5.75 Å². The lowest BCUT2D eigenvalue weighted by Gasteiger charge is -2.03. The topological polar surface area (TPSA) is 66.3 Å². The van der Waals surface area contributed by atoms with E-state index in [1.54, 1.807) is 7.05 Å². The minimum absolute atomic E-state index is 0.245. The van der Waals surface area contributed by atoms with Crippen molar-refractivity contribution in [1.82, 2.24) is 14.6 Å². The number of phenolic OH excluding ortho intramolecular Hbond substituents is 1. The molecule has 0 aliphatic rings. The van der Waals surface area contributed by atoms with Gasteiger partial charge in [0.15, 0.2) is 11.6 Å². The zero-order valence-electron chi connectivity index (χ0n) is 10.6. The van der Waals surface area contributed by atoms with Crippen LogP contribution in [0.15, 0.2) is 18.3 Å². The largest absolute Gasteiger partial charge is 0.505 e. The number of carbonyl (C=O) groups is 1. The Balaban J connectivity index is 2.29. The molecule has 108 valence electrons. The van der Waals surface area contributed by atoms with Gasteiger partial charge in [0.1, 0.15) is 0 Å². The van der Waals surface area contributed by atoms with Gasteiger partial charge in [0, 0.05) is 61.6 Å². The van der Waals surface area contributed by atoms with Crippen molar-refractivity contribution in [3.63, 3.8) is 0 Å². The van der Waals surface area contributed by atoms with Gasteiger partial charge in [-0.15, -0.1) is 0 Å². The molecule has 1 aromatic heterocycles. The summed E-state index contributed by atoms with van der Waals surface area (Å²) < 4.78 is 15.3. The van der Waals surface area contributed by atoms with Crippen LogP contribution in [0, 0.1) is 5.82 Å². The average molecular weight is 409 g/mol. The molecular formula is C12H13FIN3O2S. The number of benzene rings is 1. The number of amides is 2. The van der Waals surface area contributed by atoms with Crippen molar-refractivity contribution in [2.45, 2.75) is 6.42 Å². The van der Waals surface area contributed by atoms with Gasteiger partial charge in [-0.25, -0.2) is 9.18 Å². The van der Waals surface area contributed by atoms with Crippen LogP contribution in [0.2, 0.25) is 0 Å². The number of fused-ring (bicyclic) bond motifs is 1. The molecular weight excluding hydrogens is 396 g/mol. The smallest absolute Gasteiger partial charge is 0.314 e. The Morgan fingerprint density at radius 2 is 2.30 bits per heavy atom. The average Bonchev–Trinajstić information content (AvgIpc) is 2.77. The van der Waals surface area contributed by atoms with Crippen molar-refractivity contribution in [1.29, 1.82) is 0 Å². The number of aromatic nitrogens is 1. The number of hydrogen-bond acceptors (Lipinski definition) is 3. The summed E-state index contributed by atoms with van der Waals surface area (Å²) in [4.78, 5) is 11.1. The quantitative estimate of drug-likeness (QED) is 0.681. The standard InChI is InChI=1S/C12H13FIN3O2S/c1-15-12(19)16-3-2-7-6-17(20-14)10-5-9(13)11(18)4-8(7)10/h4-6,18H,2-3H2,1H3,(H2,15,16,19). The van der Waals surface area contributed by atoms with E-state index in [4.69, 9.17) is 0 Å². The zero-order chi connectivity index (χ0) is 14.7. The first-order chi connectivity index (χ1) is 9.56. The first-order valence-corrected chi connectivity index (χ1v) is 9.15. The minimum atomic E-state index is -0.641. The van der Waals surface area contributed by atoms with E-state index in [1.807, 2.05) is 10.2 Å². The molecule has 0 aliphatic heterocycles. The van der Waals surface area contributed by atoms with Gasteiger partial charge in [0.25, 0.3) is 0 Å². The molecule has 3 N–H and O–H groups in total.